The molecule has 19 heavy (non-hydrogen) atoms. The molecule has 1 aromatic heterocycles. The summed E-state index contributed by atoms with van der Waals surface area (Å²) in [6, 6.07) is 0. The Morgan fingerprint density at radius 1 is 1.47 bits per heavy atom. The summed E-state index contributed by atoms with van der Waals surface area (Å²) in [5.41, 5.74) is 0.969. The number of rotatable bonds is 6. The van der Waals surface area contributed by atoms with E-state index in [0.717, 1.165) is 67.4 Å². The number of piperidine rings is 1. The highest BCUT2D eigenvalue weighted by molar-refractivity contribution is 7.17. The van der Waals surface area contributed by atoms with E-state index in [2.05, 4.69) is 16.8 Å². The number of hydrogen-bond acceptors (Lipinski definition) is 5. The van der Waals surface area contributed by atoms with Gasteiger partial charge in [-0.3, -0.25) is 4.79 Å². The average molecular weight is 282 g/mol. The second kappa shape index (κ2) is 7.01. The van der Waals surface area contributed by atoms with Crippen molar-refractivity contribution in [3.05, 3.63) is 10.6 Å². The zero-order chi connectivity index (χ0) is 13.7. The van der Waals surface area contributed by atoms with Crippen LogP contribution in [0.5, 0.6) is 0 Å². The Morgan fingerprint density at radius 2 is 2.21 bits per heavy atom. The minimum Gasteiger partial charge on any atom is -0.384 e. The number of hydrogen-bond donors (Lipinski definition) is 0. The molecule has 0 radical (unpaired) electrons. The van der Waals surface area contributed by atoms with Crippen molar-refractivity contribution in [1.29, 1.82) is 0 Å². The predicted octanol–water partition coefficient (Wildman–Crippen LogP) is 2.77. The molecule has 2 heterocycles. The van der Waals surface area contributed by atoms with E-state index in [-0.39, 0.29) is 0 Å². The van der Waals surface area contributed by atoms with Crippen molar-refractivity contribution in [3.63, 3.8) is 0 Å². The van der Waals surface area contributed by atoms with Gasteiger partial charge in [-0.1, -0.05) is 24.7 Å². The molecule has 2 rings (SSSR count). The number of aromatic nitrogens is 1. The molecule has 1 aliphatic heterocycles. The van der Waals surface area contributed by atoms with E-state index in [9.17, 15) is 4.79 Å². The second-order valence-electron chi connectivity index (χ2n) is 5.06. The Balaban J connectivity index is 2.01. The van der Waals surface area contributed by atoms with E-state index in [1.165, 1.54) is 11.3 Å². The number of thiazole rings is 1. The fraction of sp³-hybridized carbons (Fsp3) is 0.714. The Morgan fingerprint density at radius 3 is 2.79 bits per heavy atom. The molecule has 0 amide bonds. The summed E-state index contributed by atoms with van der Waals surface area (Å²) in [5, 5.41) is 1.02. The zero-order valence-electron chi connectivity index (χ0n) is 11.7. The lowest BCUT2D eigenvalue weighted by Crippen LogP contribution is -2.34. The van der Waals surface area contributed by atoms with Crippen LogP contribution in [0.2, 0.25) is 0 Å². The number of methoxy groups -OCH3 is 1. The molecule has 0 aromatic carbocycles. The van der Waals surface area contributed by atoms with Gasteiger partial charge >= 0.3 is 0 Å². The Kier molecular flexibility index (Phi) is 5.34. The quantitative estimate of drug-likeness (QED) is 0.752. The van der Waals surface area contributed by atoms with Crippen LogP contribution in [0.4, 0.5) is 5.13 Å². The number of carbonyl (C=O) groups is 1. The molecular weight excluding hydrogens is 260 g/mol. The number of nitrogens with zero attached hydrogens (tertiary/aromatic N) is 2. The predicted molar refractivity (Wildman–Crippen MR) is 78.3 cm³/mol. The van der Waals surface area contributed by atoms with Crippen LogP contribution in [-0.4, -0.2) is 38.1 Å². The van der Waals surface area contributed by atoms with Crippen molar-refractivity contribution >= 4 is 22.8 Å². The van der Waals surface area contributed by atoms with Gasteiger partial charge in [-0.2, -0.15) is 0 Å². The summed E-state index contributed by atoms with van der Waals surface area (Å²) in [4.78, 5) is 18.8. The van der Waals surface area contributed by atoms with Crippen LogP contribution in [0.3, 0.4) is 0 Å². The Labute approximate surface area is 118 Å². The lowest BCUT2D eigenvalue weighted by atomic mass is 9.98. The monoisotopic (exact) mass is 282 g/mol. The first-order valence-corrected chi connectivity index (χ1v) is 7.78. The number of carbonyl (C=O) groups excluding carboxylic acids is 1. The number of anilines is 1. The van der Waals surface area contributed by atoms with Crippen molar-refractivity contribution in [2.45, 2.75) is 32.6 Å². The third-order valence-corrected chi connectivity index (χ3v) is 4.68. The summed E-state index contributed by atoms with van der Waals surface area (Å²) in [6.07, 6.45) is 5.16. The third kappa shape index (κ3) is 3.54. The topological polar surface area (TPSA) is 42.4 Å². The van der Waals surface area contributed by atoms with E-state index in [0.29, 0.717) is 5.92 Å². The van der Waals surface area contributed by atoms with Crippen LogP contribution in [0.25, 0.3) is 0 Å². The zero-order valence-corrected chi connectivity index (χ0v) is 12.5. The minimum atomic E-state index is 0.668. The highest BCUT2D eigenvalue weighted by atomic mass is 32.1. The smallest absolute Gasteiger partial charge is 0.186 e. The van der Waals surface area contributed by atoms with Crippen molar-refractivity contribution in [1.82, 2.24) is 4.98 Å². The fourth-order valence-corrected chi connectivity index (χ4v) is 3.50. The molecule has 4 nitrogen and oxygen atoms in total. The summed E-state index contributed by atoms with van der Waals surface area (Å²) >= 11 is 1.54. The molecule has 1 saturated heterocycles. The number of aldehydes is 1. The van der Waals surface area contributed by atoms with Gasteiger partial charge in [0.15, 0.2) is 11.4 Å². The summed E-state index contributed by atoms with van der Waals surface area (Å²) in [6.45, 7) is 5.01. The first-order valence-electron chi connectivity index (χ1n) is 6.97. The van der Waals surface area contributed by atoms with Gasteiger partial charge in [-0.05, 0) is 25.2 Å². The maximum Gasteiger partial charge on any atom is 0.186 e. The summed E-state index contributed by atoms with van der Waals surface area (Å²) in [7, 11) is 1.76. The number of ether oxygens (including phenoxy) is 1. The molecular formula is C14H22N2O2S. The van der Waals surface area contributed by atoms with Gasteiger partial charge in [0.2, 0.25) is 0 Å². The van der Waals surface area contributed by atoms with Crippen molar-refractivity contribution in [2.75, 3.05) is 31.7 Å². The van der Waals surface area contributed by atoms with Gasteiger partial charge < -0.3 is 9.64 Å². The molecule has 0 atom stereocenters. The van der Waals surface area contributed by atoms with E-state index < -0.39 is 0 Å². The molecule has 1 aliphatic rings. The van der Waals surface area contributed by atoms with Crippen molar-refractivity contribution < 1.29 is 9.53 Å². The second-order valence-corrected chi connectivity index (χ2v) is 6.07. The van der Waals surface area contributed by atoms with Gasteiger partial charge in [0.05, 0.1) is 10.6 Å². The van der Waals surface area contributed by atoms with E-state index >= 15 is 0 Å². The van der Waals surface area contributed by atoms with Crippen molar-refractivity contribution in [2.24, 2.45) is 5.92 Å². The van der Waals surface area contributed by atoms with Crippen LogP contribution < -0.4 is 4.90 Å². The maximum atomic E-state index is 11.1. The molecule has 0 bridgehead atoms. The third-order valence-electron chi connectivity index (χ3n) is 3.60. The molecule has 5 heteroatoms. The van der Waals surface area contributed by atoms with Crippen LogP contribution in [-0.2, 0) is 11.2 Å². The van der Waals surface area contributed by atoms with Crippen molar-refractivity contribution in [3.8, 4) is 0 Å². The minimum absolute atomic E-state index is 0.668. The molecule has 1 fully saturated rings. The van der Waals surface area contributed by atoms with Gasteiger partial charge in [0.25, 0.3) is 0 Å². The molecule has 0 saturated carbocycles. The molecule has 0 unspecified atom stereocenters. The molecule has 106 valence electrons. The normalized spacial score (nSPS) is 16.8. The largest absolute Gasteiger partial charge is 0.384 e. The average Bonchev–Trinajstić information content (AvgIpc) is 2.84. The molecule has 0 spiro atoms. The Hall–Kier alpha value is -0.940. The van der Waals surface area contributed by atoms with Gasteiger partial charge in [0, 0.05) is 26.8 Å². The first kappa shape index (κ1) is 14.5. The van der Waals surface area contributed by atoms with Gasteiger partial charge in [-0.25, -0.2) is 4.98 Å². The van der Waals surface area contributed by atoms with Crippen LogP contribution in [0.15, 0.2) is 0 Å². The molecule has 1 aromatic rings. The van der Waals surface area contributed by atoms with Crippen LogP contribution >= 0.6 is 11.3 Å². The lowest BCUT2D eigenvalue weighted by molar-refractivity contribution is 0.112. The highest BCUT2D eigenvalue weighted by Gasteiger charge is 2.22. The van der Waals surface area contributed by atoms with Gasteiger partial charge in [0.1, 0.15) is 0 Å². The van der Waals surface area contributed by atoms with Crippen LogP contribution in [0, 0.1) is 5.92 Å². The summed E-state index contributed by atoms with van der Waals surface area (Å²) in [5.74, 6) is 0.668. The summed E-state index contributed by atoms with van der Waals surface area (Å²) < 4.78 is 5.22. The van der Waals surface area contributed by atoms with E-state index in [4.69, 9.17) is 4.74 Å². The lowest BCUT2D eigenvalue weighted by Gasteiger charge is -2.31. The highest BCUT2D eigenvalue weighted by Crippen LogP contribution is 2.29. The van der Waals surface area contributed by atoms with Gasteiger partial charge in [-0.15, -0.1) is 0 Å². The maximum absolute atomic E-state index is 11.1. The number of aryl methyl sites for hydroxylation is 1. The SMILES string of the molecule is CCCc1nc(N2CCC(COC)CC2)sc1C=O. The first-order chi connectivity index (χ1) is 9.28. The standard InChI is InChI=1S/C14H22N2O2S/c1-3-4-12-13(9-17)19-14(15-12)16-7-5-11(6-8-16)10-18-2/h9,11H,3-8,10H2,1-2H3. The molecule has 0 aliphatic carbocycles. The Bertz CT molecular complexity index is 412. The van der Waals surface area contributed by atoms with E-state index in [1.54, 1.807) is 7.11 Å². The van der Waals surface area contributed by atoms with E-state index in [1.807, 2.05) is 0 Å². The molecule has 0 N–H and O–H groups in total. The van der Waals surface area contributed by atoms with Crippen LogP contribution in [0.1, 0.15) is 41.6 Å². The fourth-order valence-electron chi connectivity index (χ4n) is 2.52.